The second-order valence-electron chi connectivity index (χ2n) is 8.72. The van der Waals surface area contributed by atoms with E-state index >= 15 is 0 Å². The number of phenols is 1. The van der Waals surface area contributed by atoms with E-state index in [9.17, 15) is 39.0 Å². The van der Waals surface area contributed by atoms with Gasteiger partial charge in [0, 0.05) is 19.3 Å². The minimum atomic E-state index is -1.52. The maximum atomic E-state index is 13.3. The summed E-state index contributed by atoms with van der Waals surface area (Å²) in [6.07, 6.45) is 0.554. The van der Waals surface area contributed by atoms with Gasteiger partial charge in [-0.25, -0.2) is 4.79 Å². The van der Waals surface area contributed by atoms with E-state index in [4.69, 9.17) is 16.6 Å². The molecule has 0 aliphatic carbocycles. The number of aromatic hydroxyl groups is 1. The molecule has 14 nitrogen and oxygen atoms in total. The monoisotopic (exact) mass is 569 g/mol. The molecule has 0 aliphatic heterocycles. The van der Waals surface area contributed by atoms with Gasteiger partial charge in [0.05, 0.1) is 6.04 Å². The summed E-state index contributed by atoms with van der Waals surface area (Å²) in [5, 5.41) is 35.1. The molecule has 0 aromatic heterocycles. The zero-order chi connectivity index (χ0) is 29.5. The van der Waals surface area contributed by atoms with Crippen LogP contribution in [-0.2, 0) is 35.2 Å². The van der Waals surface area contributed by atoms with E-state index in [-0.39, 0.29) is 31.4 Å². The smallest absolute Gasteiger partial charge is 0.326 e. The Balaban J connectivity index is 3.14. The first-order valence-corrected chi connectivity index (χ1v) is 13.4. The van der Waals surface area contributed by atoms with E-state index in [1.54, 1.807) is 0 Å². The van der Waals surface area contributed by atoms with Gasteiger partial charge in [0.25, 0.3) is 0 Å². The van der Waals surface area contributed by atoms with Crippen LogP contribution >= 0.6 is 11.8 Å². The van der Waals surface area contributed by atoms with Crippen LogP contribution in [-0.4, -0.2) is 87.1 Å². The lowest BCUT2D eigenvalue weighted by atomic mass is 10.0. The molecule has 0 spiro atoms. The third-order valence-corrected chi connectivity index (χ3v) is 6.20. The molecule has 216 valence electrons. The van der Waals surface area contributed by atoms with Crippen LogP contribution in [0.4, 0.5) is 0 Å². The highest BCUT2D eigenvalue weighted by molar-refractivity contribution is 7.98. The molecular weight excluding hydrogens is 534 g/mol. The van der Waals surface area contributed by atoms with Crippen LogP contribution in [0, 0.1) is 0 Å². The fourth-order valence-corrected chi connectivity index (χ4v) is 3.85. The van der Waals surface area contributed by atoms with Crippen LogP contribution in [0.2, 0.25) is 0 Å². The fraction of sp³-hybridized carbons (Fsp3) is 0.500. The van der Waals surface area contributed by atoms with Crippen LogP contribution in [0.1, 0.15) is 37.7 Å². The summed E-state index contributed by atoms with van der Waals surface area (Å²) in [6, 6.07) is 0.674. The average molecular weight is 570 g/mol. The van der Waals surface area contributed by atoms with Gasteiger partial charge in [-0.1, -0.05) is 12.1 Å². The highest BCUT2D eigenvalue weighted by Crippen LogP contribution is 2.12. The number of primary amides is 1. The predicted molar refractivity (Wildman–Crippen MR) is 142 cm³/mol. The predicted octanol–water partition coefficient (Wildman–Crippen LogP) is -1.32. The molecule has 0 saturated carbocycles. The number of carboxylic acids is 2. The molecule has 0 heterocycles. The number of carbonyl (C=O) groups excluding carboxylic acids is 4. The summed E-state index contributed by atoms with van der Waals surface area (Å²) in [4.78, 5) is 72.5. The molecule has 1 aromatic rings. The number of hydrogen-bond acceptors (Lipinski definition) is 9. The Morgan fingerprint density at radius 2 is 1.36 bits per heavy atom. The fourth-order valence-electron chi connectivity index (χ4n) is 3.36. The van der Waals surface area contributed by atoms with Crippen LogP contribution in [0.3, 0.4) is 0 Å². The number of aliphatic carboxylic acids is 2. The molecule has 39 heavy (non-hydrogen) atoms. The van der Waals surface area contributed by atoms with Crippen LogP contribution in [0.25, 0.3) is 0 Å². The van der Waals surface area contributed by atoms with Crippen molar-refractivity contribution in [3.63, 3.8) is 0 Å². The number of phenolic OH excluding ortho intramolecular Hbond substituents is 1. The minimum absolute atomic E-state index is 0.0161. The van der Waals surface area contributed by atoms with Crippen molar-refractivity contribution in [1.29, 1.82) is 0 Å². The second-order valence-corrected chi connectivity index (χ2v) is 9.70. The number of rotatable bonds is 18. The third kappa shape index (κ3) is 13.0. The maximum Gasteiger partial charge on any atom is 0.326 e. The van der Waals surface area contributed by atoms with Gasteiger partial charge in [-0.15, -0.1) is 0 Å². The molecule has 10 N–H and O–H groups in total. The summed E-state index contributed by atoms with van der Waals surface area (Å²) in [6.45, 7) is 0. The van der Waals surface area contributed by atoms with E-state index in [0.29, 0.717) is 17.7 Å². The van der Waals surface area contributed by atoms with Crippen LogP contribution in [0.5, 0.6) is 5.75 Å². The molecule has 1 aromatic carbocycles. The Bertz CT molecular complexity index is 1020. The van der Waals surface area contributed by atoms with Gasteiger partial charge in [-0.05, 0) is 49.0 Å². The maximum absolute atomic E-state index is 13.3. The standard InChI is InChI=1S/C24H35N5O9S/c1-39-11-10-15(25)21(34)29-18(12-13-2-4-14(30)5-3-13)23(36)27-16(7-9-20(32)33)22(35)28-17(24(37)38)6-8-19(26)31/h2-5,15-18,30H,6-12,25H2,1H3,(H2,26,31)(H,27,36)(H,28,35)(H,29,34)(H,32,33)(H,37,38). The van der Waals surface area contributed by atoms with E-state index in [1.165, 1.54) is 36.0 Å². The lowest BCUT2D eigenvalue weighted by Gasteiger charge is -2.25. The number of nitrogens with one attached hydrogen (secondary N) is 3. The Morgan fingerprint density at radius 1 is 0.821 bits per heavy atom. The van der Waals surface area contributed by atoms with Gasteiger partial charge in [-0.3, -0.25) is 24.0 Å². The summed E-state index contributed by atoms with van der Waals surface area (Å²) in [5.74, 6) is -5.37. The Hall–Kier alpha value is -3.85. The van der Waals surface area contributed by atoms with Crippen molar-refractivity contribution in [2.45, 2.75) is 62.7 Å². The Morgan fingerprint density at radius 3 is 1.90 bits per heavy atom. The van der Waals surface area contributed by atoms with Crippen molar-refractivity contribution in [2.24, 2.45) is 11.5 Å². The zero-order valence-electron chi connectivity index (χ0n) is 21.4. The van der Waals surface area contributed by atoms with Gasteiger partial charge >= 0.3 is 11.9 Å². The quantitative estimate of drug-likeness (QED) is 0.103. The average Bonchev–Trinajstić information content (AvgIpc) is 2.87. The van der Waals surface area contributed by atoms with Crippen molar-refractivity contribution >= 4 is 47.3 Å². The SMILES string of the molecule is CSCCC(N)C(=O)NC(Cc1ccc(O)cc1)C(=O)NC(CCC(=O)O)C(=O)NC(CCC(N)=O)C(=O)O. The summed E-state index contributed by atoms with van der Waals surface area (Å²) >= 11 is 1.48. The highest BCUT2D eigenvalue weighted by Gasteiger charge is 2.31. The number of thioether (sulfide) groups is 1. The number of benzene rings is 1. The molecule has 4 atom stereocenters. The lowest BCUT2D eigenvalue weighted by molar-refractivity contribution is -0.143. The topological polar surface area (TPSA) is 251 Å². The molecule has 4 unspecified atom stereocenters. The number of hydrogen-bond donors (Lipinski definition) is 8. The molecule has 4 amide bonds. The van der Waals surface area contributed by atoms with Crippen molar-refractivity contribution in [3.8, 4) is 5.75 Å². The van der Waals surface area contributed by atoms with E-state index < -0.39 is 66.2 Å². The van der Waals surface area contributed by atoms with Crippen LogP contribution in [0.15, 0.2) is 24.3 Å². The molecule has 0 aliphatic rings. The highest BCUT2D eigenvalue weighted by atomic mass is 32.2. The van der Waals surface area contributed by atoms with Crippen molar-refractivity contribution in [3.05, 3.63) is 29.8 Å². The van der Waals surface area contributed by atoms with Gasteiger partial charge in [0.15, 0.2) is 0 Å². The van der Waals surface area contributed by atoms with E-state index in [2.05, 4.69) is 16.0 Å². The summed E-state index contributed by atoms with van der Waals surface area (Å²) < 4.78 is 0. The minimum Gasteiger partial charge on any atom is -0.508 e. The number of amides is 4. The van der Waals surface area contributed by atoms with E-state index in [0.717, 1.165) is 0 Å². The first kappa shape index (κ1) is 33.2. The first-order valence-electron chi connectivity index (χ1n) is 12.0. The molecule has 1 rings (SSSR count). The van der Waals surface area contributed by atoms with Gasteiger partial charge in [-0.2, -0.15) is 11.8 Å². The van der Waals surface area contributed by atoms with Gasteiger partial charge < -0.3 is 42.7 Å². The molecule has 0 saturated heterocycles. The molecule has 0 fully saturated rings. The van der Waals surface area contributed by atoms with Gasteiger partial charge in [0.2, 0.25) is 23.6 Å². The molecule has 0 bridgehead atoms. The second kappa shape index (κ2) is 16.9. The Kier molecular flexibility index (Phi) is 14.4. The molecule has 0 radical (unpaired) electrons. The van der Waals surface area contributed by atoms with Crippen molar-refractivity contribution in [2.75, 3.05) is 12.0 Å². The van der Waals surface area contributed by atoms with Crippen LogP contribution < -0.4 is 27.4 Å². The number of carboxylic acid groups (broad SMARTS) is 2. The van der Waals surface area contributed by atoms with Gasteiger partial charge in [0.1, 0.15) is 23.9 Å². The third-order valence-electron chi connectivity index (χ3n) is 5.55. The number of carbonyl (C=O) groups is 6. The Labute approximate surface area is 229 Å². The normalized spacial score (nSPS) is 13.8. The van der Waals surface area contributed by atoms with Crippen molar-refractivity contribution in [1.82, 2.24) is 16.0 Å². The van der Waals surface area contributed by atoms with Crippen molar-refractivity contribution < 1.29 is 44.1 Å². The number of nitrogens with two attached hydrogens (primary N) is 2. The van der Waals surface area contributed by atoms with E-state index in [1.807, 2.05) is 6.26 Å². The zero-order valence-corrected chi connectivity index (χ0v) is 22.2. The summed E-state index contributed by atoms with van der Waals surface area (Å²) in [7, 11) is 0. The molecular formula is C24H35N5O9S. The first-order chi connectivity index (χ1) is 18.3. The summed E-state index contributed by atoms with van der Waals surface area (Å²) in [5.41, 5.74) is 11.5. The largest absolute Gasteiger partial charge is 0.508 e. The lowest BCUT2D eigenvalue weighted by Crippen LogP contribution is -2.57. The molecule has 15 heteroatoms.